The van der Waals surface area contributed by atoms with Gasteiger partial charge in [0, 0.05) is 36.7 Å². The Morgan fingerprint density at radius 2 is 2.30 bits per heavy atom. The maximum absolute atomic E-state index is 3.52. The van der Waals surface area contributed by atoms with Gasteiger partial charge in [-0.1, -0.05) is 0 Å². The van der Waals surface area contributed by atoms with Gasteiger partial charge in [0.2, 0.25) is 0 Å². The van der Waals surface area contributed by atoms with Crippen molar-refractivity contribution >= 4 is 11.8 Å². The Hall–Kier alpha value is 0.270. The van der Waals surface area contributed by atoms with Crippen molar-refractivity contribution in [1.29, 1.82) is 0 Å². The highest BCUT2D eigenvalue weighted by Crippen LogP contribution is 2.21. The molecule has 2 unspecified atom stereocenters. The minimum atomic E-state index is 0.762. The summed E-state index contributed by atoms with van der Waals surface area (Å²) >= 11 is 2.11. The molecule has 0 aromatic carbocycles. The molecule has 0 aliphatic carbocycles. The van der Waals surface area contributed by atoms with Gasteiger partial charge in [-0.3, -0.25) is 0 Å². The maximum atomic E-state index is 3.52. The zero-order valence-electron chi connectivity index (χ0n) is 6.10. The average molecular weight is 158 g/mol. The minimum Gasteiger partial charge on any atom is -0.314 e. The first-order chi connectivity index (χ1) is 4.95. The third-order valence-corrected chi connectivity index (χ3v) is 3.48. The predicted octanol–water partition coefficient (Wildman–Crippen LogP) is 0.0533. The molecule has 0 amide bonds. The molecule has 2 heterocycles. The van der Waals surface area contributed by atoms with E-state index in [0.717, 1.165) is 11.3 Å². The van der Waals surface area contributed by atoms with E-state index in [1.807, 2.05) is 0 Å². The molecule has 10 heavy (non-hydrogen) atoms. The van der Waals surface area contributed by atoms with Gasteiger partial charge in [-0.2, -0.15) is 11.8 Å². The maximum Gasteiger partial charge on any atom is 0.0203 e. The summed E-state index contributed by atoms with van der Waals surface area (Å²) in [5, 5.41) is 7.86. The summed E-state index contributed by atoms with van der Waals surface area (Å²) in [6.07, 6.45) is 1.37. The van der Waals surface area contributed by atoms with Crippen LogP contribution in [0.1, 0.15) is 6.42 Å². The SMILES string of the molecule is C1CSC2CNC(CN1)C2. The summed E-state index contributed by atoms with van der Waals surface area (Å²) < 4.78 is 0. The van der Waals surface area contributed by atoms with Gasteiger partial charge in [0.25, 0.3) is 0 Å². The van der Waals surface area contributed by atoms with Gasteiger partial charge in [-0.05, 0) is 6.42 Å². The summed E-state index contributed by atoms with van der Waals surface area (Å²) in [5.74, 6) is 1.29. The molecule has 2 N–H and O–H groups in total. The van der Waals surface area contributed by atoms with Crippen molar-refractivity contribution in [1.82, 2.24) is 10.6 Å². The van der Waals surface area contributed by atoms with Crippen LogP contribution >= 0.6 is 11.8 Å². The van der Waals surface area contributed by atoms with Gasteiger partial charge in [0.05, 0.1) is 0 Å². The van der Waals surface area contributed by atoms with Crippen LogP contribution in [-0.2, 0) is 0 Å². The average Bonchev–Trinajstić information content (AvgIpc) is 2.30. The number of rotatable bonds is 0. The van der Waals surface area contributed by atoms with Crippen molar-refractivity contribution in [2.75, 3.05) is 25.4 Å². The van der Waals surface area contributed by atoms with Crippen molar-refractivity contribution in [3.63, 3.8) is 0 Å². The van der Waals surface area contributed by atoms with Gasteiger partial charge in [0.1, 0.15) is 0 Å². The van der Waals surface area contributed by atoms with Crippen LogP contribution < -0.4 is 10.6 Å². The van der Waals surface area contributed by atoms with E-state index in [1.165, 1.54) is 31.8 Å². The van der Waals surface area contributed by atoms with Crippen LogP contribution in [0.5, 0.6) is 0 Å². The van der Waals surface area contributed by atoms with E-state index in [4.69, 9.17) is 0 Å². The highest BCUT2D eigenvalue weighted by Gasteiger charge is 2.24. The first kappa shape index (κ1) is 6.95. The standard InChI is InChI=1S/C7H14N2S/c1-2-10-7-3-6(4-8-1)9-5-7/h6-9H,1-5H2. The van der Waals surface area contributed by atoms with Crippen LogP contribution in [0, 0.1) is 0 Å². The fourth-order valence-corrected chi connectivity index (χ4v) is 2.82. The lowest BCUT2D eigenvalue weighted by Gasteiger charge is -2.15. The summed E-state index contributed by atoms with van der Waals surface area (Å²) in [5.41, 5.74) is 0. The molecular weight excluding hydrogens is 144 g/mol. The third kappa shape index (κ3) is 1.47. The molecule has 0 radical (unpaired) electrons. The Bertz CT molecular complexity index is 106. The lowest BCUT2D eigenvalue weighted by atomic mass is 10.2. The Morgan fingerprint density at radius 3 is 3.30 bits per heavy atom. The van der Waals surface area contributed by atoms with Crippen molar-refractivity contribution in [3.8, 4) is 0 Å². The molecule has 0 saturated carbocycles. The molecule has 3 heteroatoms. The quantitative estimate of drug-likeness (QED) is 0.521. The zero-order valence-corrected chi connectivity index (χ0v) is 6.91. The Labute approximate surface area is 66.1 Å². The van der Waals surface area contributed by atoms with E-state index in [9.17, 15) is 0 Å². The highest BCUT2D eigenvalue weighted by atomic mass is 32.2. The van der Waals surface area contributed by atoms with Crippen molar-refractivity contribution in [2.45, 2.75) is 17.7 Å². The lowest BCUT2D eigenvalue weighted by Crippen LogP contribution is -2.35. The van der Waals surface area contributed by atoms with Crippen LogP contribution in [0.15, 0.2) is 0 Å². The Balaban J connectivity index is 1.91. The van der Waals surface area contributed by atoms with Crippen LogP contribution in [-0.4, -0.2) is 36.7 Å². The number of fused-ring (bicyclic) bond motifs is 2. The molecule has 2 saturated heterocycles. The van der Waals surface area contributed by atoms with Crippen LogP contribution in [0.2, 0.25) is 0 Å². The number of thioether (sulfide) groups is 1. The van der Waals surface area contributed by atoms with E-state index < -0.39 is 0 Å². The molecule has 2 fully saturated rings. The van der Waals surface area contributed by atoms with E-state index in [1.54, 1.807) is 0 Å². The molecule has 0 aromatic heterocycles. The number of hydrogen-bond acceptors (Lipinski definition) is 3. The summed E-state index contributed by atoms with van der Waals surface area (Å²) in [6.45, 7) is 3.60. The van der Waals surface area contributed by atoms with E-state index in [2.05, 4.69) is 22.4 Å². The first-order valence-electron chi connectivity index (χ1n) is 4.01. The van der Waals surface area contributed by atoms with Crippen molar-refractivity contribution in [2.24, 2.45) is 0 Å². The lowest BCUT2D eigenvalue weighted by molar-refractivity contribution is 0.546. The van der Waals surface area contributed by atoms with Crippen molar-refractivity contribution < 1.29 is 0 Å². The van der Waals surface area contributed by atoms with Gasteiger partial charge >= 0.3 is 0 Å². The van der Waals surface area contributed by atoms with E-state index in [-0.39, 0.29) is 0 Å². The first-order valence-corrected chi connectivity index (χ1v) is 5.06. The van der Waals surface area contributed by atoms with Crippen LogP contribution in [0.3, 0.4) is 0 Å². The molecule has 0 aromatic rings. The summed E-state index contributed by atoms with van der Waals surface area (Å²) in [6, 6.07) is 0.762. The molecule has 2 rings (SSSR count). The number of hydrogen-bond donors (Lipinski definition) is 2. The molecule has 2 bridgehead atoms. The van der Waals surface area contributed by atoms with E-state index in [0.29, 0.717) is 0 Å². The fourth-order valence-electron chi connectivity index (χ4n) is 1.64. The van der Waals surface area contributed by atoms with Gasteiger partial charge in [-0.15, -0.1) is 0 Å². The molecule has 58 valence electrons. The van der Waals surface area contributed by atoms with Crippen LogP contribution in [0.4, 0.5) is 0 Å². The highest BCUT2D eigenvalue weighted by molar-refractivity contribution is 7.99. The summed E-state index contributed by atoms with van der Waals surface area (Å²) in [7, 11) is 0. The second kappa shape index (κ2) is 3.11. The molecule has 2 aliphatic rings. The molecule has 0 spiro atoms. The second-order valence-electron chi connectivity index (χ2n) is 3.04. The van der Waals surface area contributed by atoms with Gasteiger partial charge < -0.3 is 10.6 Å². The molecule has 2 atom stereocenters. The minimum absolute atomic E-state index is 0.762. The Morgan fingerprint density at radius 1 is 1.30 bits per heavy atom. The topological polar surface area (TPSA) is 24.1 Å². The summed E-state index contributed by atoms with van der Waals surface area (Å²) in [4.78, 5) is 0. The van der Waals surface area contributed by atoms with E-state index >= 15 is 0 Å². The third-order valence-electron chi connectivity index (χ3n) is 2.20. The molecule has 2 aliphatic heterocycles. The smallest absolute Gasteiger partial charge is 0.0203 e. The molecular formula is C7H14N2S. The fraction of sp³-hybridized carbons (Fsp3) is 1.00. The largest absolute Gasteiger partial charge is 0.314 e. The monoisotopic (exact) mass is 158 g/mol. The second-order valence-corrected chi connectivity index (χ2v) is 4.45. The normalized spacial score (nSPS) is 40.8. The predicted molar refractivity (Wildman–Crippen MR) is 45.5 cm³/mol. The van der Waals surface area contributed by atoms with Gasteiger partial charge in [-0.25, -0.2) is 0 Å². The van der Waals surface area contributed by atoms with Crippen LogP contribution in [0.25, 0.3) is 0 Å². The molecule has 2 nitrogen and oxygen atoms in total. The Kier molecular flexibility index (Phi) is 2.16. The number of nitrogens with one attached hydrogen (secondary N) is 2. The van der Waals surface area contributed by atoms with Gasteiger partial charge in [0.15, 0.2) is 0 Å². The zero-order chi connectivity index (χ0) is 6.81. The van der Waals surface area contributed by atoms with Crippen molar-refractivity contribution in [3.05, 3.63) is 0 Å².